The van der Waals surface area contributed by atoms with E-state index < -0.39 is 5.97 Å². The monoisotopic (exact) mass is 445 g/mol. The Morgan fingerprint density at radius 2 is 1.94 bits per heavy atom. The molecule has 172 valence electrons. The molecular formula is C27H31N3O3. The number of nitrogens with zero attached hydrogens (tertiary/aromatic N) is 2. The summed E-state index contributed by atoms with van der Waals surface area (Å²) in [6.07, 6.45) is 2.83. The molecule has 0 saturated heterocycles. The molecule has 0 unspecified atom stereocenters. The first kappa shape index (κ1) is 22.6. The van der Waals surface area contributed by atoms with Crippen molar-refractivity contribution in [3.05, 3.63) is 83.0 Å². The molecule has 0 saturated carbocycles. The second-order valence-corrected chi connectivity index (χ2v) is 8.36. The number of anilines is 2. The first-order valence-corrected chi connectivity index (χ1v) is 11.6. The molecule has 6 heteroatoms. The molecule has 0 radical (unpaired) electrons. The summed E-state index contributed by atoms with van der Waals surface area (Å²) in [6, 6.07) is 20.4. The highest BCUT2D eigenvalue weighted by Crippen LogP contribution is 2.30. The standard InChI is InChI=1S/C27H31N3O3/c1-20-21(13-15-27(31)32)12-14-26(29-20)28-19-22-7-5-11-25-24(22)10-6-16-30(25)17-18-33-23-8-3-2-4-9-23/h2-5,7-9,11-12,14H,6,10,13,15-19H2,1H3,(H,28,29)(H,31,32). The van der Waals surface area contributed by atoms with Crippen molar-refractivity contribution >= 4 is 17.5 Å². The van der Waals surface area contributed by atoms with Gasteiger partial charge in [0.05, 0.1) is 6.54 Å². The lowest BCUT2D eigenvalue weighted by atomic mass is 9.96. The van der Waals surface area contributed by atoms with Gasteiger partial charge in [-0.25, -0.2) is 4.98 Å². The lowest BCUT2D eigenvalue weighted by Crippen LogP contribution is -2.33. The van der Waals surface area contributed by atoms with Crippen molar-refractivity contribution in [2.75, 3.05) is 29.9 Å². The molecule has 6 nitrogen and oxygen atoms in total. The topological polar surface area (TPSA) is 74.7 Å². The van der Waals surface area contributed by atoms with Crippen molar-refractivity contribution in [3.63, 3.8) is 0 Å². The van der Waals surface area contributed by atoms with Crippen LogP contribution in [0.3, 0.4) is 0 Å². The minimum absolute atomic E-state index is 0.123. The number of hydrogen-bond acceptors (Lipinski definition) is 5. The van der Waals surface area contributed by atoms with Crippen LogP contribution in [0.4, 0.5) is 11.5 Å². The summed E-state index contributed by atoms with van der Waals surface area (Å²) in [7, 11) is 0. The van der Waals surface area contributed by atoms with E-state index in [0.29, 0.717) is 19.6 Å². The van der Waals surface area contributed by atoms with Crippen LogP contribution >= 0.6 is 0 Å². The highest BCUT2D eigenvalue weighted by molar-refractivity contribution is 5.67. The number of rotatable bonds is 10. The third-order valence-corrected chi connectivity index (χ3v) is 6.08. The van der Waals surface area contributed by atoms with Crippen LogP contribution in [0, 0.1) is 6.92 Å². The molecule has 4 rings (SSSR count). The molecule has 0 aliphatic carbocycles. The number of carboxylic acid groups (broad SMARTS) is 1. The highest BCUT2D eigenvalue weighted by Gasteiger charge is 2.19. The fourth-order valence-corrected chi connectivity index (χ4v) is 4.34. The zero-order valence-corrected chi connectivity index (χ0v) is 19.1. The molecule has 1 aliphatic rings. The molecule has 2 heterocycles. The van der Waals surface area contributed by atoms with E-state index in [4.69, 9.17) is 9.84 Å². The van der Waals surface area contributed by atoms with Crippen LogP contribution in [0.15, 0.2) is 60.7 Å². The van der Waals surface area contributed by atoms with Gasteiger partial charge in [-0.05, 0) is 67.1 Å². The molecule has 0 amide bonds. The van der Waals surface area contributed by atoms with E-state index in [0.717, 1.165) is 48.8 Å². The minimum Gasteiger partial charge on any atom is -0.492 e. The van der Waals surface area contributed by atoms with Gasteiger partial charge in [0, 0.05) is 30.9 Å². The summed E-state index contributed by atoms with van der Waals surface area (Å²) in [5.41, 5.74) is 5.83. The molecule has 1 aliphatic heterocycles. The van der Waals surface area contributed by atoms with Gasteiger partial charge in [-0.15, -0.1) is 0 Å². The van der Waals surface area contributed by atoms with Gasteiger partial charge in [-0.1, -0.05) is 36.4 Å². The summed E-state index contributed by atoms with van der Waals surface area (Å²) in [5, 5.41) is 12.4. The second-order valence-electron chi connectivity index (χ2n) is 8.36. The predicted molar refractivity (Wildman–Crippen MR) is 131 cm³/mol. The first-order valence-electron chi connectivity index (χ1n) is 11.6. The Labute approximate surface area is 195 Å². The van der Waals surface area contributed by atoms with Gasteiger partial charge in [0.15, 0.2) is 0 Å². The average Bonchev–Trinajstić information content (AvgIpc) is 2.83. The molecule has 2 aromatic carbocycles. The van der Waals surface area contributed by atoms with E-state index in [2.05, 4.69) is 33.4 Å². The third kappa shape index (κ3) is 6.04. The van der Waals surface area contributed by atoms with Gasteiger partial charge in [0.1, 0.15) is 18.2 Å². The lowest BCUT2D eigenvalue weighted by Gasteiger charge is -2.32. The summed E-state index contributed by atoms with van der Waals surface area (Å²) < 4.78 is 5.92. The fraction of sp³-hybridized carbons (Fsp3) is 0.333. The number of ether oxygens (including phenoxy) is 1. The van der Waals surface area contributed by atoms with Crippen LogP contribution in [0.5, 0.6) is 5.75 Å². The number of carboxylic acids is 1. The summed E-state index contributed by atoms with van der Waals surface area (Å²) in [4.78, 5) is 17.9. The van der Waals surface area contributed by atoms with Crippen molar-refractivity contribution in [3.8, 4) is 5.75 Å². The maximum Gasteiger partial charge on any atom is 0.303 e. The van der Waals surface area contributed by atoms with Gasteiger partial charge in [-0.3, -0.25) is 4.79 Å². The van der Waals surface area contributed by atoms with E-state index >= 15 is 0 Å². The molecule has 0 bridgehead atoms. The van der Waals surface area contributed by atoms with Gasteiger partial charge in [0.25, 0.3) is 0 Å². The Morgan fingerprint density at radius 3 is 2.73 bits per heavy atom. The van der Waals surface area contributed by atoms with Crippen molar-refractivity contribution in [2.45, 2.75) is 39.2 Å². The Hall–Kier alpha value is -3.54. The number of carbonyl (C=O) groups is 1. The van der Waals surface area contributed by atoms with E-state index in [1.807, 2.05) is 49.4 Å². The van der Waals surface area contributed by atoms with Crippen LogP contribution in [-0.2, 0) is 24.2 Å². The second kappa shape index (κ2) is 10.9. The first-order chi connectivity index (χ1) is 16.1. The number of pyridine rings is 1. The van der Waals surface area contributed by atoms with Crippen molar-refractivity contribution in [1.29, 1.82) is 0 Å². The number of aliphatic carboxylic acids is 1. The largest absolute Gasteiger partial charge is 0.492 e. The minimum atomic E-state index is -0.786. The van der Waals surface area contributed by atoms with Gasteiger partial charge in [0.2, 0.25) is 0 Å². The number of aryl methyl sites for hydroxylation is 2. The molecular weight excluding hydrogens is 414 g/mol. The normalized spacial score (nSPS) is 12.8. The fourth-order valence-electron chi connectivity index (χ4n) is 4.34. The Kier molecular flexibility index (Phi) is 7.45. The maximum atomic E-state index is 10.8. The maximum absolute atomic E-state index is 10.8. The van der Waals surface area contributed by atoms with Gasteiger partial charge >= 0.3 is 5.97 Å². The predicted octanol–water partition coefficient (Wildman–Crippen LogP) is 4.85. The van der Waals surface area contributed by atoms with Gasteiger partial charge < -0.3 is 20.1 Å². The Bertz CT molecular complexity index is 1090. The Morgan fingerprint density at radius 1 is 1.09 bits per heavy atom. The molecule has 3 aromatic rings. The van der Waals surface area contributed by atoms with Crippen molar-refractivity contribution in [1.82, 2.24) is 4.98 Å². The van der Waals surface area contributed by atoms with E-state index in [9.17, 15) is 4.79 Å². The molecule has 0 fully saturated rings. The van der Waals surface area contributed by atoms with Crippen LogP contribution < -0.4 is 15.0 Å². The van der Waals surface area contributed by atoms with Crippen LogP contribution in [0.2, 0.25) is 0 Å². The van der Waals surface area contributed by atoms with E-state index in [1.54, 1.807) is 0 Å². The van der Waals surface area contributed by atoms with Crippen LogP contribution in [0.25, 0.3) is 0 Å². The molecule has 1 aromatic heterocycles. The average molecular weight is 446 g/mol. The zero-order chi connectivity index (χ0) is 23.0. The van der Waals surface area contributed by atoms with E-state index in [1.165, 1.54) is 16.8 Å². The number of hydrogen-bond donors (Lipinski definition) is 2. The van der Waals surface area contributed by atoms with Crippen molar-refractivity contribution in [2.24, 2.45) is 0 Å². The summed E-state index contributed by atoms with van der Waals surface area (Å²) in [6.45, 7) is 5.20. The zero-order valence-electron chi connectivity index (χ0n) is 19.1. The van der Waals surface area contributed by atoms with Crippen LogP contribution in [0.1, 0.15) is 35.2 Å². The molecule has 0 atom stereocenters. The van der Waals surface area contributed by atoms with Crippen LogP contribution in [-0.4, -0.2) is 35.8 Å². The quantitative estimate of drug-likeness (QED) is 0.465. The number of aromatic nitrogens is 1. The number of para-hydroxylation sites is 1. The highest BCUT2D eigenvalue weighted by atomic mass is 16.5. The smallest absolute Gasteiger partial charge is 0.303 e. The SMILES string of the molecule is Cc1nc(NCc2cccc3c2CCCN3CCOc2ccccc2)ccc1CCC(=O)O. The Balaban J connectivity index is 1.38. The van der Waals surface area contributed by atoms with Gasteiger partial charge in [-0.2, -0.15) is 0 Å². The summed E-state index contributed by atoms with van der Waals surface area (Å²) in [5.74, 6) is 0.934. The molecule has 33 heavy (non-hydrogen) atoms. The summed E-state index contributed by atoms with van der Waals surface area (Å²) >= 11 is 0. The van der Waals surface area contributed by atoms with Crippen molar-refractivity contribution < 1.29 is 14.6 Å². The number of fused-ring (bicyclic) bond motifs is 1. The number of benzene rings is 2. The third-order valence-electron chi connectivity index (χ3n) is 6.08. The number of nitrogens with one attached hydrogen (secondary N) is 1. The molecule has 0 spiro atoms. The van der Waals surface area contributed by atoms with E-state index in [-0.39, 0.29) is 6.42 Å². The lowest BCUT2D eigenvalue weighted by molar-refractivity contribution is -0.136. The molecule has 2 N–H and O–H groups in total.